The van der Waals surface area contributed by atoms with Crippen LogP contribution in [0.1, 0.15) is 6.42 Å². The molecule has 0 bridgehead atoms. The minimum absolute atomic E-state index is 0.0438. The molecule has 14 heavy (non-hydrogen) atoms. The third kappa shape index (κ3) is 1.88. The number of nitrogens with zero attached hydrogens (tertiary/aromatic N) is 3. The standard InChI is InChI=1S/C7H9BrN4OS/c8-6-10-11-7(14-6)12-2-1-4(3-12)5(9)13/h4H,1-3H2,(H2,9,13). The monoisotopic (exact) mass is 276 g/mol. The summed E-state index contributed by atoms with van der Waals surface area (Å²) in [6.07, 6.45) is 0.812. The Morgan fingerprint density at radius 2 is 2.43 bits per heavy atom. The summed E-state index contributed by atoms with van der Waals surface area (Å²) in [5.41, 5.74) is 5.24. The molecule has 0 radical (unpaired) electrons. The number of nitrogens with two attached hydrogens (primary N) is 1. The fraction of sp³-hybridized carbons (Fsp3) is 0.571. The van der Waals surface area contributed by atoms with Crippen molar-refractivity contribution in [3.63, 3.8) is 0 Å². The molecule has 2 heterocycles. The van der Waals surface area contributed by atoms with Crippen LogP contribution >= 0.6 is 27.3 Å². The van der Waals surface area contributed by atoms with Crippen molar-refractivity contribution in [1.29, 1.82) is 0 Å². The van der Waals surface area contributed by atoms with E-state index in [4.69, 9.17) is 5.73 Å². The van der Waals surface area contributed by atoms with Crippen LogP contribution in [0.4, 0.5) is 5.13 Å². The Bertz CT molecular complexity index is 355. The van der Waals surface area contributed by atoms with E-state index < -0.39 is 0 Å². The van der Waals surface area contributed by atoms with Crippen LogP contribution in [0.25, 0.3) is 0 Å². The number of hydrogen-bond donors (Lipinski definition) is 1. The van der Waals surface area contributed by atoms with Gasteiger partial charge in [0, 0.05) is 13.1 Å². The third-order valence-electron chi connectivity index (χ3n) is 2.25. The van der Waals surface area contributed by atoms with E-state index in [-0.39, 0.29) is 11.8 Å². The van der Waals surface area contributed by atoms with Crippen molar-refractivity contribution in [2.24, 2.45) is 11.7 Å². The van der Waals surface area contributed by atoms with Crippen LogP contribution in [0.2, 0.25) is 0 Å². The molecule has 1 aromatic heterocycles. The average molecular weight is 277 g/mol. The summed E-state index contributed by atoms with van der Waals surface area (Å²) in [5.74, 6) is -0.270. The SMILES string of the molecule is NC(=O)C1CCN(c2nnc(Br)s2)C1. The number of hydrogen-bond acceptors (Lipinski definition) is 5. The normalized spacial score (nSPS) is 21.5. The summed E-state index contributed by atoms with van der Waals surface area (Å²) in [5, 5.41) is 8.69. The highest BCUT2D eigenvalue weighted by Gasteiger charge is 2.28. The fourth-order valence-corrected chi connectivity index (χ4v) is 2.61. The quantitative estimate of drug-likeness (QED) is 0.859. The Morgan fingerprint density at radius 3 is 2.93 bits per heavy atom. The molecule has 1 saturated heterocycles. The number of anilines is 1. The molecule has 1 fully saturated rings. The van der Waals surface area contributed by atoms with Crippen molar-refractivity contribution >= 4 is 38.3 Å². The lowest BCUT2D eigenvalue weighted by molar-refractivity contribution is -0.121. The smallest absolute Gasteiger partial charge is 0.222 e. The van der Waals surface area contributed by atoms with Crippen molar-refractivity contribution in [2.45, 2.75) is 6.42 Å². The molecule has 0 spiro atoms. The number of amides is 1. The third-order valence-corrected chi connectivity index (χ3v) is 3.67. The molecule has 76 valence electrons. The molecule has 1 aliphatic rings. The van der Waals surface area contributed by atoms with Crippen LogP contribution in [-0.4, -0.2) is 29.2 Å². The highest BCUT2D eigenvalue weighted by atomic mass is 79.9. The van der Waals surface area contributed by atoms with Crippen LogP contribution in [0.3, 0.4) is 0 Å². The average Bonchev–Trinajstić information content (AvgIpc) is 2.70. The van der Waals surface area contributed by atoms with Gasteiger partial charge in [0.05, 0.1) is 5.92 Å². The summed E-state index contributed by atoms with van der Waals surface area (Å²) in [7, 11) is 0. The zero-order valence-electron chi connectivity index (χ0n) is 7.31. The Balaban J connectivity index is 2.05. The summed E-state index contributed by atoms with van der Waals surface area (Å²) < 4.78 is 0.759. The largest absolute Gasteiger partial charge is 0.369 e. The van der Waals surface area contributed by atoms with Crippen LogP contribution in [0.15, 0.2) is 3.92 Å². The Hall–Kier alpha value is -0.690. The second-order valence-electron chi connectivity index (χ2n) is 3.17. The lowest BCUT2D eigenvalue weighted by Gasteiger charge is -2.12. The van der Waals surface area contributed by atoms with Gasteiger partial charge in [-0.2, -0.15) is 0 Å². The first-order valence-corrected chi connectivity index (χ1v) is 5.81. The zero-order valence-corrected chi connectivity index (χ0v) is 9.71. The van der Waals surface area contributed by atoms with Crippen LogP contribution in [0, 0.1) is 5.92 Å². The Morgan fingerprint density at radius 1 is 1.64 bits per heavy atom. The van der Waals surface area contributed by atoms with Crippen molar-refractivity contribution < 1.29 is 4.79 Å². The van der Waals surface area contributed by atoms with Gasteiger partial charge in [0.25, 0.3) is 0 Å². The molecule has 0 aliphatic carbocycles. The molecular formula is C7H9BrN4OS. The molecule has 0 aromatic carbocycles. The van der Waals surface area contributed by atoms with Crippen molar-refractivity contribution in [2.75, 3.05) is 18.0 Å². The maximum absolute atomic E-state index is 10.9. The van der Waals surface area contributed by atoms with Crippen LogP contribution < -0.4 is 10.6 Å². The second kappa shape index (κ2) is 3.82. The van der Waals surface area contributed by atoms with E-state index in [9.17, 15) is 4.79 Å². The van der Waals surface area contributed by atoms with Gasteiger partial charge in [-0.25, -0.2) is 0 Å². The molecule has 5 nitrogen and oxygen atoms in total. The van der Waals surface area contributed by atoms with E-state index in [1.165, 1.54) is 11.3 Å². The van der Waals surface area contributed by atoms with Crippen molar-refractivity contribution in [1.82, 2.24) is 10.2 Å². The lowest BCUT2D eigenvalue weighted by atomic mass is 10.1. The lowest BCUT2D eigenvalue weighted by Crippen LogP contribution is -2.27. The minimum atomic E-state index is -0.226. The molecule has 7 heteroatoms. The van der Waals surface area contributed by atoms with E-state index in [1.54, 1.807) is 0 Å². The van der Waals surface area contributed by atoms with Crippen molar-refractivity contribution in [3.05, 3.63) is 3.92 Å². The van der Waals surface area contributed by atoms with Gasteiger partial charge >= 0.3 is 0 Å². The van der Waals surface area contributed by atoms with E-state index in [1.807, 2.05) is 4.90 Å². The maximum atomic E-state index is 10.9. The summed E-state index contributed by atoms with van der Waals surface area (Å²) in [4.78, 5) is 13.0. The van der Waals surface area contributed by atoms with E-state index in [2.05, 4.69) is 26.1 Å². The first-order chi connectivity index (χ1) is 6.66. The minimum Gasteiger partial charge on any atom is -0.369 e. The molecule has 1 unspecified atom stereocenters. The maximum Gasteiger partial charge on any atom is 0.222 e. The number of halogens is 1. The van der Waals surface area contributed by atoms with Gasteiger partial charge in [-0.1, -0.05) is 11.3 Å². The molecule has 1 aliphatic heterocycles. The first kappa shape index (κ1) is 9.85. The van der Waals surface area contributed by atoms with Crippen LogP contribution in [0.5, 0.6) is 0 Å². The molecule has 1 amide bonds. The molecule has 0 saturated carbocycles. The van der Waals surface area contributed by atoms with Gasteiger partial charge in [-0.05, 0) is 22.4 Å². The molecule has 2 N–H and O–H groups in total. The number of primary amides is 1. The number of carbonyl (C=O) groups is 1. The fourth-order valence-electron chi connectivity index (χ4n) is 1.49. The molecule has 2 rings (SSSR count). The summed E-state index contributed by atoms with van der Waals surface area (Å²) >= 11 is 4.72. The summed E-state index contributed by atoms with van der Waals surface area (Å²) in [6, 6.07) is 0. The van der Waals surface area contributed by atoms with Gasteiger partial charge in [0.2, 0.25) is 11.0 Å². The van der Waals surface area contributed by atoms with Crippen LogP contribution in [-0.2, 0) is 4.79 Å². The zero-order chi connectivity index (χ0) is 10.1. The predicted octanol–water partition coefficient (Wildman–Crippen LogP) is 0.612. The van der Waals surface area contributed by atoms with Gasteiger partial charge in [0.1, 0.15) is 0 Å². The number of aromatic nitrogens is 2. The van der Waals surface area contributed by atoms with E-state index in [0.29, 0.717) is 6.54 Å². The highest BCUT2D eigenvalue weighted by molar-refractivity contribution is 9.11. The van der Waals surface area contributed by atoms with E-state index in [0.717, 1.165) is 22.0 Å². The number of carbonyl (C=O) groups excluding carboxylic acids is 1. The highest BCUT2D eigenvalue weighted by Crippen LogP contribution is 2.28. The molecular weight excluding hydrogens is 268 g/mol. The first-order valence-electron chi connectivity index (χ1n) is 4.20. The second-order valence-corrected chi connectivity index (χ2v) is 5.40. The van der Waals surface area contributed by atoms with Gasteiger partial charge in [-0.3, -0.25) is 4.79 Å². The summed E-state index contributed by atoms with van der Waals surface area (Å²) in [6.45, 7) is 1.49. The topological polar surface area (TPSA) is 72.1 Å². The Kier molecular flexibility index (Phi) is 2.69. The molecule has 1 aromatic rings. The molecule has 1 atom stereocenters. The number of rotatable bonds is 2. The van der Waals surface area contributed by atoms with Gasteiger partial charge < -0.3 is 10.6 Å². The van der Waals surface area contributed by atoms with E-state index >= 15 is 0 Å². The van der Waals surface area contributed by atoms with Gasteiger partial charge in [-0.15, -0.1) is 10.2 Å². The predicted molar refractivity (Wildman–Crippen MR) is 57.1 cm³/mol. The van der Waals surface area contributed by atoms with Crippen molar-refractivity contribution in [3.8, 4) is 0 Å². The van der Waals surface area contributed by atoms with Gasteiger partial charge in [0.15, 0.2) is 3.92 Å². The Labute approximate surface area is 93.4 Å².